The van der Waals surface area contributed by atoms with Crippen LogP contribution in [0.1, 0.15) is 37.9 Å². The van der Waals surface area contributed by atoms with E-state index in [9.17, 15) is 13.2 Å². The minimum absolute atomic E-state index is 0.271. The van der Waals surface area contributed by atoms with Gasteiger partial charge in [0.2, 0.25) is 0 Å². The molecule has 0 heterocycles. The Bertz CT molecular complexity index is 599. The van der Waals surface area contributed by atoms with Crippen LogP contribution in [0.4, 0.5) is 13.2 Å². The molecule has 1 atom stereocenters. The smallest absolute Gasteiger partial charge is 0.488 e. The molecule has 6 heteroatoms. The standard InChI is InChI=1S/C18H20F3NO2/c1-17(2,3)23-14-8-4-12(5-9-14)16(22)13-6-10-15(11-7-13)24-18(19,20)21/h4-11,16H,22H2,1-3H3/t16-/m0/s1. The van der Waals surface area contributed by atoms with E-state index in [2.05, 4.69) is 4.74 Å². The molecule has 0 fully saturated rings. The Kier molecular flexibility index (Phi) is 5.08. The number of rotatable bonds is 4. The molecule has 2 N–H and O–H groups in total. The third-order valence-corrected chi connectivity index (χ3v) is 3.14. The summed E-state index contributed by atoms with van der Waals surface area (Å²) in [5.74, 6) is 0.458. The van der Waals surface area contributed by atoms with Crippen molar-refractivity contribution in [3.8, 4) is 11.5 Å². The summed E-state index contributed by atoms with van der Waals surface area (Å²) in [7, 11) is 0. The second-order valence-corrected chi connectivity index (χ2v) is 6.38. The van der Waals surface area contributed by atoms with Crippen LogP contribution in [0.3, 0.4) is 0 Å². The number of benzene rings is 2. The quantitative estimate of drug-likeness (QED) is 0.869. The van der Waals surface area contributed by atoms with E-state index in [0.717, 1.165) is 11.3 Å². The summed E-state index contributed by atoms with van der Waals surface area (Å²) in [5.41, 5.74) is 7.40. The monoisotopic (exact) mass is 339 g/mol. The number of halogens is 3. The van der Waals surface area contributed by atoms with Crippen molar-refractivity contribution in [3.63, 3.8) is 0 Å². The van der Waals surface area contributed by atoms with Gasteiger partial charge < -0.3 is 15.2 Å². The molecule has 0 saturated carbocycles. The minimum atomic E-state index is -4.70. The first-order valence-corrected chi connectivity index (χ1v) is 7.44. The van der Waals surface area contributed by atoms with Crippen molar-refractivity contribution in [1.82, 2.24) is 0 Å². The van der Waals surface area contributed by atoms with Gasteiger partial charge in [0.1, 0.15) is 17.1 Å². The summed E-state index contributed by atoms with van der Waals surface area (Å²) in [5, 5.41) is 0. The number of hydrogen-bond acceptors (Lipinski definition) is 3. The first-order valence-electron chi connectivity index (χ1n) is 7.44. The highest BCUT2D eigenvalue weighted by molar-refractivity contribution is 5.37. The first-order chi connectivity index (χ1) is 11.0. The molecule has 0 aliphatic rings. The number of nitrogens with two attached hydrogens (primary N) is 1. The van der Waals surface area contributed by atoms with Crippen molar-refractivity contribution < 1.29 is 22.6 Å². The van der Waals surface area contributed by atoms with E-state index in [-0.39, 0.29) is 11.4 Å². The fourth-order valence-electron chi connectivity index (χ4n) is 2.17. The van der Waals surface area contributed by atoms with E-state index in [4.69, 9.17) is 10.5 Å². The second kappa shape index (κ2) is 6.73. The van der Waals surface area contributed by atoms with Gasteiger partial charge in [0, 0.05) is 0 Å². The fourth-order valence-corrected chi connectivity index (χ4v) is 2.17. The van der Waals surface area contributed by atoms with Crippen LogP contribution in [0, 0.1) is 0 Å². The van der Waals surface area contributed by atoms with Crippen LogP contribution >= 0.6 is 0 Å². The van der Waals surface area contributed by atoms with Gasteiger partial charge >= 0.3 is 6.36 Å². The van der Waals surface area contributed by atoms with Crippen LogP contribution < -0.4 is 15.2 Å². The molecule has 0 bridgehead atoms. The topological polar surface area (TPSA) is 44.5 Å². The number of alkyl halides is 3. The highest BCUT2D eigenvalue weighted by Crippen LogP contribution is 2.27. The SMILES string of the molecule is CC(C)(C)Oc1ccc([C@H](N)c2ccc(OC(F)(F)F)cc2)cc1. The molecule has 130 valence electrons. The molecule has 0 amide bonds. The Morgan fingerprint density at radius 2 is 1.12 bits per heavy atom. The van der Waals surface area contributed by atoms with E-state index in [1.165, 1.54) is 24.3 Å². The lowest BCUT2D eigenvalue weighted by atomic mass is 9.99. The highest BCUT2D eigenvalue weighted by atomic mass is 19.4. The summed E-state index contributed by atoms with van der Waals surface area (Å²) < 4.78 is 46.1. The van der Waals surface area contributed by atoms with Gasteiger partial charge in [-0.2, -0.15) is 0 Å². The lowest BCUT2D eigenvalue weighted by Crippen LogP contribution is -2.23. The summed E-state index contributed by atoms with van der Waals surface area (Å²) >= 11 is 0. The summed E-state index contributed by atoms with van der Waals surface area (Å²) in [6.07, 6.45) is -4.70. The van der Waals surface area contributed by atoms with Crippen molar-refractivity contribution in [2.75, 3.05) is 0 Å². The van der Waals surface area contributed by atoms with Crippen LogP contribution in [0.2, 0.25) is 0 Å². The Morgan fingerprint density at radius 3 is 1.46 bits per heavy atom. The average molecular weight is 339 g/mol. The van der Waals surface area contributed by atoms with Gasteiger partial charge in [-0.25, -0.2) is 0 Å². The molecule has 0 aliphatic heterocycles. The van der Waals surface area contributed by atoms with E-state index in [0.29, 0.717) is 5.56 Å². The number of ether oxygens (including phenoxy) is 2. The van der Waals surface area contributed by atoms with Crippen LogP contribution in [-0.4, -0.2) is 12.0 Å². The van der Waals surface area contributed by atoms with Gasteiger partial charge in [-0.05, 0) is 56.2 Å². The van der Waals surface area contributed by atoms with Crippen molar-refractivity contribution in [2.24, 2.45) is 5.73 Å². The summed E-state index contributed by atoms with van der Waals surface area (Å²) in [6.45, 7) is 5.87. The van der Waals surface area contributed by atoms with Crippen molar-refractivity contribution >= 4 is 0 Å². The Morgan fingerprint density at radius 1 is 0.750 bits per heavy atom. The molecule has 2 aromatic rings. The third kappa shape index (κ3) is 5.45. The molecule has 0 aromatic heterocycles. The third-order valence-electron chi connectivity index (χ3n) is 3.14. The Hall–Kier alpha value is -2.21. The minimum Gasteiger partial charge on any atom is -0.488 e. The normalized spacial score (nSPS) is 13.5. The molecular weight excluding hydrogens is 319 g/mol. The lowest BCUT2D eigenvalue weighted by molar-refractivity contribution is -0.274. The van der Waals surface area contributed by atoms with Crippen LogP contribution in [-0.2, 0) is 0 Å². The van der Waals surface area contributed by atoms with E-state index in [1.807, 2.05) is 45.0 Å². The average Bonchev–Trinajstić information content (AvgIpc) is 2.45. The molecule has 24 heavy (non-hydrogen) atoms. The molecule has 0 saturated heterocycles. The van der Waals surface area contributed by atoms with Crippen molar-refractivity contribution in [3.05, 3.63) is 59.7 Å². The van der Waals surface area contributed by atoms with E-state index in [1.54, 1.807) is 0 Å². The molecule has 0 radical (unpaired) electrons. The maximum atomic E-state index is 12.2. The maximum absolute atomic E-state index is 12.2. The second-order valence-electron chi connectivity index (χ2n) is 6.38. The molecule has 0 spiro atoms. The molecular formula is C18H20F3NO2. The van der Waals surface area contributed by atoms with Gasteiger partial charge in [-0.15, -0.1) is 13.2 Å². The van der Waals surface area contributed by atoms with Crippen LogP contribution in [0.15, 0.2) is 48.5 Å². The zero-order valence-electron chi connectivity index (χ0n) is 13.7. The summed E-state index contributed by atoms with van der Waals surface area (Å²) in [6, 6.07) is 12.4. The molecule has 0 unspecified atom stereocenters. The van der Waals surface area contributed by atoms with Crippen LogP contribution in [0.25, 0.3) is 0 Å². The molecule has 2 aromatic carbocycles. The van der Waals surface area contributed by atoms with Crippen LogP contribution in [0.5, 0.6) is 11.5 Å². The Labute approximate surface area is 139 Å². The molecule has 0 aliphatic carbocycles. The first kappa shape index (κ1) is 18.1. The summed E-state index contributed by atoms with van der Waals surface area (Å²) in [4.78, 5) is 0. The zero-order valence-corrected chi connectivity index (χ0v) is 13.7. The predicted molar refractivity (Wildman–Crippen MR) is 86.0 cm³/mol. The van der Waals surface area contributed by atoms with Gasteiger partial charge in [0.15, 0.2) is 0 Å². The number of hydrogen-bond donors (Lipinski definition) is 1. The van der Waals surface area contributed by atoms with Gasteiger partial charge in [-0.1, -0.05) is 24.3 Å². The van der Waals surface area contributed by atoms with Crippen molar-refractivity contribution in [2.45, 2.75) is 38.8 Å². The Balaban J connectivity index is 2.09. The maximum Gasteiger partial charge on any atom is 0.573 e. The molecule has 2 rings (SSSR count). The van der Waals surface area contributed by atoms with Gasteiger partial charge in [0.25, 0.3) is 0 Å². The largest absolute Gasteiger partial charge is 0.573 e. The van der Waals surface area contributed by atoms with Crippen molar-refractivity contribution in [1.29, 1.82) is 0 Å². The predicted octanol–water partition coefficient (Wildman–Crippen LogP) is 4.81. The lowest BCUT2D eigenvalue weighted by Gasteiger charge is -2.21. The zero-order chi connectivity index (χ0) is 18.0. The molecule has 3 nitrogen and oxygen atoms in total. The highest BCUT2D eigenvalue weighted by Gasteiger charge is 2.31. The van der Waals surface area contributed by atoms with Gasteiger partial charge in [0.05, 0.1) is 6.04 Å². The van der Waals surface area contributed by atoms with Gasteiger partial charge in [-0.3, -0.25) is 0 Å². The fraction of sp³-hybridized carbons (Fsp3) is 0.333. The van der Waals surface area contributed by atoms with E-state index >= 15 is 0 Å². The van der Waals surface area contributed by atoms with E-state index < -0.39 is 12.4 Å².